The number of aldehydes is 1. The number of aliphatic hydroxyl groups excluding tert-OH is 10. The number of esters is 2. The third-order valence-corrected chi connectivity index (χ3v) is 20.5. The number of ether oxygens (including phenoxy) is 8. The van der Waals surface area contributed by atoms with Crippen molar-refractivity contribution in [3.05, 3.63) is 23.3 Å². The molecule has 77 heavy (non-hydrogen) atoms. The molecule has 8 aliphatic rings. The van der Waals surface area contributed by atoms with Crippen molar-refractivity contribution in [3.63, 3.8) is 0 Å². The molecule has 436 valence electrons. The standard InChI is InChI=1S/C54H82O23/c1-10-23(2)45(69)77-43-42(66)54(22-71-24(3)57)26(17-49(43,4)5)25-11-12-30-50(6)15-14-32(51(7,21-56)29(50)13-16-52(30,8)53(25,9)18-31(54)59)73-48-41(76-47-37(64)35(62)34(61)28(19-55)72-47)39(38(65)40(75-48)44(67)68)74-46-36(63)33(60)27(58)20-70-46/h10-11,21,26-43,46-48,55,58-66H,12-20,22H2,1-9H3,(H,67,68). The highest BCUT2D eigenvalue weighted by molar-refractivity contribution is 5.87. The molecule has 0 spiro atoms. The van der Waals surface area contributed by atoms with Gasteiger partial charge in [0, 0.05) is 17.9 Å². The quantitative estimate of drug-likeness (QED) is 0.0365. The molecule has 0 aromatic carbocycles. The molecule has 0 bridgehead atoms. The van der Waals surface area contributed by atoms with Gasteiger partial charge in [0.2, 0.25) is 0 Å². The summed E-state index contributed by atoms with van der Waals surface area (Å²) in [7, 11) is 0. The molecule has 0 radical (unpaired) electrons. The van der Waals surface area contributed by atoms with Crippen LogP contribution in [0.5, 0.6) is 0 Å². The summed E-state index contributed by atoms with van der Waals surface area (Å²) in [5.41, 5.74) is -4.13. The van der Waals surface area contributed by atoms with E-state index in [4.69, 9.17) is 37.9 Å². The molecule has 3 saturated heterocycles. The Morgan fingerprint density at radius 1 is 0.766 bits per heavy atom. The van der Waals surface area contributed by atoms with Crippen molar-refractivity contribution in [3.8, 4) is 0 Å². The zero-order valence-electron chi connectivity index (χ0n) is 45.2. The average molecular weight is 1100 g/mol. The van der Waals surface area contributed by atoms with E-state index in [1.54, 1.807) is 26.8 Å². The summed E-state index contributed by atoms with van der Waals surface area (Å²) >= 11 is 0. The van der Waals surface area contributed by atoms with Crippen molar-refractivity contribution >= 4 is 24.2 Å². The van der Waals surface area contributed by atoms with Crippen LogP contribution in [0.15, 0.2) is 23.3 Å². The Morgan fingerprint density at radius 2 is 1.43 bits per heavy atom. The zero-order valence-corrected chi connectivity index (χ0v) is 45.2. The first-order valence-corrected chi connectivity index (χ1v) is 26.9. The van der Waals surface area contributed by atoms with E-state index in [0.29, 0.717) is 37.7 Å². The molecule has 0 amide bonds. The summed E-state index contributed by atoms with van der Waals surface area (Å²) in [5.74, 6) is -3.96. The number of hydrogen-bond donors (Lipinski definition) is 11. The largest absolute Gasteiger partial charge is 0.479 e. The molecule has 0 aromatic heterocycles. The number of hydrogen-bond acceptors (Lipinski definition) is 22. The van der Waals surface area contributed by atoms with Gasteiger partial charge >= 0.3 is 17.9 Å². The minimum atomic E-state index is -2.17. The van der Waals surface area contributed by atoms with Gasteiger partial charge in [-0.25, -0.2) is 9.59 Å². The summed E-state index contributed by atoms with van der Waals surface area (Å²) in [5, 5.41) is 121. The van der Waals surface area contributed by atoms with E-state index in [9.17, 15) is 75.3 Å². The maximum absolute atomic E-state index is 14.0. The van der Waals surface area contributed by atoms with Gasteiger partial charge in [0.25, 0.3) is 0 Å². The highest BCUT2D eigenvalue weighted by Crippen LogP contribution is 2.76. The third-order valence-electron chi connectivity index (χ3n) is 20.5. The minimum absolute atomic E-state index is 0.122. The number of aliphatic hydroxyl groups is 10. The predicted octanol–water partition coefficient (Wildman–Crippen LogP) is -0.475. The maximum Gasteiger partial charge on any atom is 0.335 e. The summed E-state index contributed by atoms with van der Waals surface area (Å²) in [6.07, 6.45) is -24.0. The van der Waals surface area contributed by atoms with Crippen LogP contribution in [-0.4, -0.2) is 211 Å². The van der Waals surface area contributed by atoms with Crippen molar-refractivity contribution in [1.82, 2.24) is 0 Å². The van der Waals surface area contributed by atoms with Crippen molar-refractivity contribution in [2.24, 2.45) is 50.2 Å². The predicted molar refractivity (Wildman–Crippen MR) is 262 cm³/mol. The number of allylic oxidation sites excluding steroid dienone is 3. The van der Waals surface area contributed by atoms with Crippen molar-refractivity contribution in [2.45, 2.75) is 218 Å². The summed E-state index contributed by atoms with van der Waals surface area (Å²) in [4.78, 5) is 52.7. The average Bonchev–Trinajstić information content (AvgIpc) is 3.51. The number of aliphatic carboxylic acids is 1. The van der Waals surface area contributed by atoms with E-state index in [2.05, 4.69) is 26.8 Å². The maximum atomic E-state index is 14.0. The summed E-state index contributed by atoms with van der Waals surface area (Å²) in [6.45, 7) is 14.9. The van der Waals surface area contributed by atoms with Crippen LogP contribution in [0.4, 0.5) is 0 Å². The Kier molecular flexibility index (Phi) is 16.9. The number of carbonyl (C=O) groups excluding carboxylic acids is 3. The smallest absolute Gasteiger partial charge is 0.335 e. The number of carboxylic acids is 1. The zero-order chi connectivity index (χ0) is 56.9. The first-order chi connectivity index (χ1) is 35.9. The Hall–Kier alpha value is -3.08. The van der Waals surface area contributed by atoms with Crippen LogP contribution in [0, 0.1) is 50.2 Å². The lowest BCUT2D eigenvalue weighted by atomic mass is 9.33. The molecule has 8 rings (SSSR count). The lowest BCUT2D eigenvalue weighted by molar-refractivity contribution is -0.391. The van der Waals surface area contributed by atoms with E-state index in [0.717, 1.165) is 11.9 Å². The Morgan fingerprint density at radius 3 is 2.05 bits per heavy atom. The Balaban J connectivity index is 1.13. The molecule has 26 unspecified atom stereocenters. The van der Waals surface area contributed by atoms with Gasteiger partial charge < -0.3 is 98.9 Å². The molecule has 23 heteroatoms. The molecule has 0 aromatic rings. The lowest BCUT2D eigenvalue weighted by Gasteiger charge is -2.72. The van der Waals surface area contributed by atoms with Crippen molar-refractivity contribution < 1.29 is 113 Å². The molecular weight excluding hydrogens is 1020 g/mol. The second-order valence-corrected chi connectivity index (χ2v) is 24.9. The highest BCUT2D eigenvalue weighted by Gasteiger charge is 2.74. The molecule has 3 aliphatic heterocycles. The normalized spacial score (nSPS) is 50.6. The molecule has 7 fully saturated rings. The first-order valence-electron chi connectivity index (χ1n) is 26.9. The second-order valence-electron chi connectivity index (χ2n) is 24.9. The van der Waals surface area contributed by atoms with Gasteiger partial charge in [-0.05, 0) is 92.8 Å². The molecular formula is C54H82O23. The summed E-state index contributed by atoms with van der Waals surface area (Å²) in [6, 6.07) is 0. The molecule has 23 nitrogen and oxygen atoms in total. The highest BCUT2D eigenvalue weighted by atomic mass is 16.8. The van der Waals surface area contributed by atoms with E-state index in [1.807, 2.05) is 13.8 Å². The van der Waals surface area contributed by atoms with Crippen LogP contribution >= 0.6 is 0 Å². The van der Waals surface area contributed by atoms with Crippen molar-refractivity contribution in [1.29, 1.82) is 0 Å². The third kappa shape index (κ3) is 9.65. The van der Waals surface area contributed by atoms with Crippen LogP contribution in [0.1, 0.15) is 107 Å². The fourth-order valence-electron chi connectivity index (χ4n) is 15.7. The lowest BCUT2D eigenvalue weighted by Crippen LogP contribution is -2.72. The fraction of sp³-hybridized carbons (Fsp3) is 0.852. The fourth-order valence-corrected chi connectivity index (χ4v) is 15.7. The molecule has 5 aliphatic carbocycles. The Bertz CT molecular complexity index is 2270. The van der Waals surface area contributed by atoms with Gasteiger partial charge in [0.15, 0.2) is 25.0 Å². The Labute approximate surface area is 447 Å². The van der Waals surface area contributed by atoms with Gasteiger partial charge in [-0.1, -0.05) is 59.3 Å². The van der Waals surface area contributed by atoms with Crippen LogP contribution in [0.25, 0.3) is 0 Å². The number of carboxylic acid groups (broad SMARTS) is 1. The van der Waals surface area contributed by atoms with Gasteiger partial charge in [-0.15, -0.1) is 0 Å². The van der Waals surface area contributed by atoms with E-state index < -0.39 is 186 Å². The van der Waals surface area contributed by atoms with E-state index in [-0.39, 0.29) is 25.4 Å². The molecule has 4 saturated carbocycles. The molecule has 3 heterocycles. The minimum Gasteiger partial charge on any atom is -0.479 e. The van der Waals surface area contributed by atoms with E-state index >= 15 is 0 Å². The first kappa shape index (κ1) is 60.0. The number of carbonyl (C=O) groups is 4. The monoisotopic (exact) mass is 1100 g/mol. The van der Waals surface area contributed by atoms with Crippen LogP contribution in [0.2, 0.25) is 0 Å². The molecule has 11 N–H and O–H groups in total. The van der Waals surface area contributed by atoms with Gasteiger partial charge in [0.1, 0.15) is 86.1 Å². The van der Waals surface area contributed by atoms with Crippen molar-refractivity contribution in [2.75, 3.05) is 19.8 Å². The van der Waals surface area contributed by atoms with Gasteiger partial charge in [-0.2, -0.15) is 0 Å². The molecule has 26 atom stereocenters. The van der Waals surface area contributed by atoms with E-state index in [1.165, 1.54) is 6.92 Å². The van der Waals surface area contributed by atoms with Crippen LogP contribution in [0.3, 0.4) is 0 Å². The second kappa shape index (κ2) is 21.7. The number of rotatable bonds is 13. The van der Waals surface area contributed by atoms with Crippen LogP contribution < -0.4 is 0 Å². The van der Waals surface area contributed by atoms with Gasteiger partial charge in [0.05, 0.1) is 36.3 Å². The summed E-state index contributed by atoms with van der Waals surface area (Å²) < 4.78 is 47.8. The topological polar surface area (TPSA) is 365 Å². The SMILES string of the molecule is CC=C(C)C(=O)OC1C(O)C2(COC(C)=O)C(O)CC3(C)C(=CCC4C5(C)CCC(OC6OC(C(=O)O)C(O)C(OC7OCC(O)C(O)C7O)C6OC6OC(CO)C(O)C(O)C6O)C(C)(C=O)C5CCC43C)C2CC1(C)C. The van der Waals surface area contributed by atoms with Crippen LogP contribution in [-0.2, 0) is 57.1 Å². The van der Waals surface area contributed by atoms with Gasteiger partial charge in [-0.3, -0.25) is 4.79 Å². The number of fused-ring (bicyclic) bond motifs is 7.